The molecule has 1 amide bonds. The van der Waals surface area contributed by atoms with Crippen LogP contribution in [0.4, 0.5) is 4.39 Å². The number of nitrogens with zero attached hydrogens (tertiary/aromatic N) is 3. The number of ether oxygens (including phenoxy) is 1. The number of amides is 1. The molecule has 2 aromatic rings. The van der Waals surface area contributed by atoms with Gasteiger partial charge in [0.05, 0.1) is 6.10 Å². The first-order valence-corrected chi connectivity index (χ1v) is 11.1. The Kier molecular flexibility index (Phi) is 7.14. The molecule has 0 radical (unpaired) electrons. The zero-order chi connectivity index (χ0) is 21.6. The van der Waals surface area contributed by atoms with Gasteiger partial charge >= 0.3 is 0 Å². The number of aromatic nitrogens is 1. The van der Waals surface area contributed by atoms with Crippen molar-refractivity contribution < 1.29 is 18.7 Å². The summed E-state index contributed by atoms with van der Waals surface area (Å²) in [5, 5.41) is 11.7. The zero-order valence-electron chi connectivity index (χ0n) is 17.8. The summed E-state index contributed by atoms with van der Waals surface area (Å²) >= 11 is 0. The molecule has 2 saturated heterocycles. The maximum Gasteiger partial charge on any atom is 0.260 e. The van der Waals surface area contributed by atoms with Gasteiger partial charge in [-0.25, -0.2) is 4.39 Å². The van der Waals surface area contributed by atoms with Gasteiger partial charge in [0, 0.05) is 37.9 Å². The van der Waals surface area contributed by atoms with Crippen LogP contribution in [0, 0.1) is 16.9 Å². The van der Waals surface area contributed by atoms with Gasteiger partial charge in [0.25, 0.3) is 5.91 Å². The molecule has 2 fully saturated rings. The number of piperidine rings is 1. The lowest BCUT2D eigenvalue weighted by Gasteiger charge is -2.35. The molecule has 3 heterocycles. The number of rotatable bonds is 7. The van der Waals surface area contributed by atoms with Gasteiger partial charge in [0.1, 0.15) is 11.4 Å². The molecule has 6 nitrogen and oxygen atoms in total. The number of halogens is 1. The van der Waals surface area contributed by atoms with Crippen LogP contribution in [-0.4, -0.2) is 54.6 Å². The highest BCUT2D eigenvalue weighted by atomic mass is 19.1. The maximum atomic E-state index is 14.0. The van der Waals surface area contributed by atoms with Crippen molar-refractivity contribution in [3.05, 3.63) is 70.9 Å². The average molecular weight is 428 g/mol. The monoisotopic (exact) mass is 427 g/mol. The fraction of sp³-hybridized carbons (Fsp3) is 0.500. The van der Waals surface area contributed by atoms with Crippen LogP contribution in [0.2, 0.25) is 0 Å². The van der Waals surface area contributed by atoms with E-state index in [9.17, 15) is 14.4 Å². The first-order valence-electron chi connectivity index (χ1n) is 11.1. The first kappa shape index (κ1) is 21.7. The van der Waals surface area contributed by atoms with E-state index in [0.29, 0.717) is 35.8 Å². The molecule has 2 aliphatic heterocycles. The van der Waals surface area contributed by atoms with Crippen molar-refractivity contribution in [3.8, 4) is 0 Å². The van der Waals surface area contributed by atoms with Crippen LogP contribution in [0.15, 0.2) is 48.8 Å². The van der Waals surface area contributed by atoms with Crippen molar-refractivity contribution in [1.29, 1.82) is 0 Å². The molecular formula is C24H30FN3O3. The lowest BCUT2D eigenvalue weighted by molar-refractivity contribution is -0.605. The molecule has 1 aromatic carbocycles. The molecule has 1 aromatic heterocycles. The molecule has 0 N–H and O–H groups in total. The standard InChI is InChI=1S/C24H30FN3O3/c25-23-8-2-1-5-20(23)16-26-12-9-19(10-13-26)15-27(18-22-7-4-14-31-22)24(29)21-6-3-11-28(30)17-21/h1-3,5-6,8,11,17,19,22H,4,7,9-10,12-16,18H2/t22-/m0/s1. The van der Waals surface area contributed by atoms with E-state index in [1.54, 1.807) is 18.2 Å². The fourth-order valence-electron chi connectivity index (χ4n) is 4.54. The highest BCUT2D eigenvalue weighted by molar-refractivity contribution is 5.93. The maximum absolute atomic E-state index is 14.0. The molecule has 0 unspecified atom stereocenters. The number of likely N-dealkylation sites (tertiary alicyclic amines) is 1. The minimum absolute atomic E-state index is 0.0631. The molecule has 0 aliphatic carbocycles. The van der Waals surface area contributed by atoms with Gasteiger partial charge in [-0.3, -0.25) is 9.69 Å². The molecule has 0 saturated carbocycles. The molecule has 31 heavy (non-hydrogen) atoms. The number of pyridine rings is 1. The van der Waals surface area contributed by atoms with E-state index in [2.05, 4.69) is 4.90 Å². The van der Waals surface area contributed by atoms with Gasteiger partial charge < -0.3 is 14.8 Å². The van der Waals surface area contributed by atoms with Crippen LogP contribution < -0.4 is 4.73 Å². The number of carbonyl (C=O) groups is 1. The van der Waals surface area contributed by atoms with Crippen LogP contribution in [0.3, 0.4) is 0 Å². The number of benzene rings is 1. The van der Waals surface area contributed by atoms with Crippen LogP contribution in [0.25, 0.3) is 0 Å². The second kappa shape index (κ2) is 10.2. The summed E-state index contributed by atoms with van der Waals surface area (Å²) in [6, 6.07) is 10.2. The average Bonchev–Trinajstić information content (AvgIpc) is 3.29. The Morgan fingerprint density at radius 3 is 2.68 bits per heavy atom. The largest absolute Gasteiger partial charge is 0.619 e. The van der Waals surface area contributed by atoms with E-state index in [-0.39, 0.29) is 17.8 Å². The Labute approximate surface area is 182 Å². The van der Waals surface area contributed by atoms with Gasteiger partial charge in [0.15, 0.2) is 12.4 Å². The zero-order valence-corrected chi connectivity index (χ0v) is 17.8. The third-order valence-electron chi connectivity index (χ3n) is 6.29. The lowest BCUT2D eigenvalue weighted by Crippen LogP contribution is -2.44. The molecule has 2 aliphatic rings. The Hall–Kier alpha value is -2.51. The smallest absolute Gasteiger partial charge is 0.260 e. The highest BCUT2D eigenvalue weighted by Gasteiger charge is 2.28. The lowest BCUT2D eigenvalue weighted by atomic mass is 9.95. The summed E-state index contributed by atoms with van der Waals surface area (Å²) in [6.45, 7) is 4.33. The summed E-state index contributed by atoms with van der Waals surface area (Å²) in [6.07, 6.45) is 6.68. The SMILES string of the molecule is O=C(c1ccc[n+]([O-])c1)N(CC1CCN(Cc2ccccc2F)CC1)C[C@@H]1CCCO1. The summed E-state index contributed by atoms with van der Waals surface area (Å²) < 4.78 is 20.4. The van der Waals surface area contributed by atoms with Gasteiger partial charge in [-0.05, 0) is 56.8 Å². The molecule has 4 rings (SSSR count). The molecule has 0 spiro atoms. The number of carbonyl (C=O) groups excluding carboxylic acids is 1. The van der Waals surface area contributed by atoms with E-state index in [0.717, 1.165) is 50.9 Å². The number of hydrogen-bond acceptors (Lipinski definition) is 4. The third-order valence-corrected chi connectivity index (χ3v) is 6.29. The van der Waals surface area contributed by atoms with Crippen molar-refractivity contribution >= 4 is 5.91 Å². The van der Waals surface area contributed by atoms with Crippen LogP contribution in [0.5, 0.6) is 0 Å². The van der Waals surface area contributed by atoms with Gasteiger partial charge in [-0.15, -0.1) is 0 Å². The van der Waals surface area contributed by atoms with Crippen LogP contribution in [0.1, 0.15) is 41.6 Å². The summed E-state index contributed by atoms with van der Waals surface area (Å²) in [5.74, 6) is 0.108. The summed E-state index contributed by atoms with van der Waals surface area (Å²) in [4.78, 5) is 17.3. The Morgan fingerprint density at radius 1 is 1.16 bits per heavy atom. The quantitative estimate of drug-likeness (QED) is 0.504. The predicted molar refractivity (Wildman–Crippen MR) is 115 cm³/mol. The van der Waals surface area contributed by atoms with Crippen molar-refractivity contribution in [1.82, 2.24) is 9.80 Å². The molecule has 166 valence electrons. The van der Waals surface area contributed by atoms with Crippen molar-refractivity contribution in [2.24, 2.45) is 5.92 Å². The van der Waals surface area contributed by atoms with Gasteiger partial charge in [-0.1, -0.05) is 18.2 Å². The molecule has 7 heteroatoms. The third kappa shape index (κ3) is 5.80. The Morgan fingerprint density at radius 2 is 1.97 bits per heavy atom. The highest BCUT2D eigenvalue weighted by Crippen LogP contribution is 2.23. The Balaban J connectivity index is 1.36. The minimum Gasteiger partial charge on any atom is -0.619 e. The second-order valence-electron chi connectivity index (χ2n) is 8.61. The minimum atomic E-state index is -0.156. The van der Waals surface area contributed by atoms with Crippen molar-refractivity contribution in [2.75, 3.05) is 32.8 Å². The van der Waals surface area contributed by atoms with Gasteiger partial charge in [0.2, 0.25) is 0 Å². The predicted octanol–water partition coefficient (Wildman–Crippen LogP) is 2.99. The van der Waals surface area contributed by atoms with E-state index >= 15 is 0 Å². The van der Waals surface area contributed by atoms with E-state index in [4.69, 9.17) is 4.74 Å². The number of hydrogen-bond donors (Lipinski definition) is 0. The molecular weight excluding hydrogens is 397 g/mol. The normalized spacial score (nSPS) is 20.1. The first-order chi connectivity index (χ1) is 15.1. The second-order valence-corrected chi connectivity index (χ2v) is 8.61. The summed E-state index contributed by atoms with van der Waals surface area (Å²) in [7, 11) is 0. The van der Waals surface area contributed by atoms with E-state index in [1.807, 2.05) is 17.0 Å². The van der Waals surface area contributed by atoms with Gasteiger partial charge in [-0.2, -0.15) is 4.73 Å². The molecule has 1 atom stereocenters. The molecule has 0 bridgehead atoms. The summed E-state index contributed by atoms with van der Waals surface area (Å²) in [5.41, 5.74) is 1.14. The van der Waals surface area contributed by atoms with E-state index < -0.39 is 0 Å². The fourth-order valence-corrected chi connectivity index (χ4v) is 4.54. The Bertz CT molecular complexity index is 880. The topological polar surface area (TPSA) is 59.7 Å². The van der Waals surface area contributed by atoms with E-state index in [1.165, 1.54) is 18.5 Å². The van der Waals surface area contributed by atoms with Crippen molar-refractivity contribution in [2.45, 2.75) is 38.3 Å². The van der Waals surface area contributed by atoms with Crippen LogP contribution >= 0.6 is 0 Å². The van der Waals surface area contributed by atoms with Crippen molar-refractivity contribution in [3.63, 3.8) is 0 Å². The van der Waals surface area contributed by atoms with Crippen LogP contribution in [-0.2, 0) is 11.3 Å².